The largest absolute Gasteiger partial charge is 0.356 e. The summed E-state index contributed by atoms with van der Waals surface area (Å²) < 4.78 is 14.2. The number of nitrogens with one attached hydrogen (secondary N) is 1. The maximum absolute atomic E-state index is 13.3. The molecule has 0 saturated heterocycles. The Bertz CT molecular complexity index is 379. The second kappa shape index (κ2) is 5.99. The Morgan fingerprint density at radius 1 is 1.50 bits per heavy atom. The Balaban J connectivity index is 2.49. The normalized spacial score (nSPS) is 10.6. The van der Waals surface area contributed by atoms with E-state index in [-0.39, 0.29) is 17.6 Å². The molecule has 1 amide bonds. The van der Waals surface area contributed by atoms with Gasteiger partial charge < -0.3 is 5.32 Å². The molecule has 0 bridgehead atoms. The summed E-state index contributed by atoms with van der Waals surface area (Å²) >= 11 is 3.29. The topological polar surface area (TPSA) is 29.1 Å². The molecule has 0 fully saturated rings. The van der Waals surface area contributed by atoms with Gasteiger partial charge in [-0.15, -0.1) is 0 Å². The highest BCUT2D eigenvalue weighted by Crippen LogP contribution is 2.15. The summed E-state index contributed by atoms with van der Waals surface area (Å²) in [4.78, 5) is 11.3. The molecule has 0 aliphatic carbocycles. The first-order valence-corrected chi connectivity index (χ1v) is 6.01. The van der Waals surface area contributed by atoms with Crippen molar-refractivity contribution < 1.29 is 9.18 Å². The molecule has 1 aromatic rings. The average Bonchev–Trinajstić information content (AvgIpc) is 2.22. The predicted octanol–water partition coefficient (Wildman–Crippen LogP) is 2.90. The highest BCUT2D eigenvalue weighted by atomic mass is 79.9. The van der Waals surface area contributed by atoms with Crippen molar-refractivity contribution in [1.82, 2.24) is 5.32 Å². The first kappa shape index (κ1) is 13.2. The van der Waals surface area contributed by atoms with Gasteiger partial charge in [0.25, 0.3) is 0 Å². The van der Waals surface area contributed by atoms with Crippen molar-refractivity contribution in [2.24, 2.45) is 5.92 Å². The van der Waals surface area contributed by atoms with Gasteiger partial charge in [-0.05, 0) is 30.2 Å². The summed E-state index contributed by atoms with van der Waals surface area (Å²) in [6.07, 6.45) is 0.504. The van der Waals surface area contributed by atoms with E-state index in [1.54, 1.807) is 12.1 Å². The van der Waals surface area contributed by atoms with Crippen LogP contribution in [-0.2, 0) is 11.2 Å². The quantitative estimate of drug-likeness (QED) is 0.907. The molecular weight excluding hydrogens is 273 g/mol. The van der Waals surface area contributed by atoms with E-state index in [9.17, 15) is 9.18 Å². The zero-order valence-corrected chi connectivity index (χ0v) is 11.0. The van der Waals surface area contributed by atoms with Crippen LogP contribution in [0.3, 0.4) is 0 Å². The van der Waals surface area contributed by atoms with Gasteiger partial charge in [0, 0.05) is 16.9 Å². The van der Waals surface area contributed by atoms with Gasteiger partial charge in [-0.1, -0.05) is 29.8 Å². The fraction of sp³-hybridized carbons (Fsp3) is 0.417. The van der Waals surface area contributed by atoms with Crippen LogP contribution in [0.25, 0.3) is 0 Å². The highest BCUT2D eigenvalue weighted by Gasteiger charge is 2.07. The molecule has 0 atom stereocenters. The summed E-state index contributed by atoms with van der Waals surface area (Å²) in [5.41, 5.74) is 0.610. The first-order valence-electron chi connectivity index (χ1n) is 5.22. The lowest BCUT2D eigenvalue weighted by atomic mass is 10.1. The fourth-order valence-corrected chi connectivity index (χ4v) is 1.67. The molecule has 0 aliphatic rings. The lowest BCUT2D eigenvalue weighted by Gasteiger charge is -2.08. The number of carbonyl (C=O) groups is 1. The van der Waals surface area contributed by atoms with E-state index in [4.69, 9.17) is 0 Å². The van der Waals surface area contributed by atoms with Gasteiger partial charge in [0.15, 0.2) is 0 Å². The molecule has 1 aromatic carbocycles. The molecule has 1 N–H and O–H groups in total. The van der Waals surface area contributed by atoms with Crippen molar-refractivity contribution in [3.63, 3.8) is 0 Å². The molecule has 4 heteroatoms. The van der Waals surface area contributed by atoms with Crippen LogP contribution in [0.4, 0.5) is 4.39 Å². The third-order valence-corrected chi connectivity index (χ3v) is 2.72. The number of amides is 1. The van der Waals surface area contributed by atoms with Gasteiger partial charge in [0.2, 0.25) is 5.91 Å². The van der Waals surface area contributed by atoms with Crippen molar-refractivity contribution in [3.05, 3.63) is 34.1 Å². The smallest absolute Gasteiger partial charge is 0.222 e. The number of hydrogen-bond donors (Lipinski definition) is 1. The van der Waals surface area contributed by atoms with Gasteiger partial charge in [-0.3, -0.25) is 4.79 Å². The molecule has 88 valence electrons. The van der Waals surface area contributed by atoms with Crippen molar-refractivity contribution >= 4 is 21.8 Å². The maximum Gasteiger partial charge on any atom is 0.222 e. The Kier molecular flexibility index (Phi) is 4.93. The third kappa shape index (κ3) is 3.93. The van der Waals surface area contributed by atoms with E-state index in [1.165, 1.54) is 6.07 Å². The minimum absolute atomic E-state index is 0.00425. The monoisotopic (exact) mass is 287 g/mol. The standard InChI is InChI=1S/C12H15BrFNO/c1-8(2)12(16)15-6-5-9-7-10(13)3-4-11(9)14/h3-4,7-8H,5-6H2,1-2H3,(H,15,16). The highest BCUT2D eigenvalue weighted by molar-refractivity contribution is 9.10. The van der Waals surface area contributed by atoms with Crippen molar-refractivity contribution in [1.29, 1.82) is 0 Å². The predicted molar refractivity (Wildman–Crippen MR) is 65.7 cm³/mol. The summed E-state index contributed by atoms with van der Waals surface area (Å²) in [6.45, 7) is 4.12. The molecular formula is C12H15BrFNO. The van der Waals surface area contributed by atoms with Crippen molar-refractivity contribution in [2.75, 3.05) is 6.54 Å². The van der Waals surface area contributed by atoms with Crippen LogP contribution in [-0.4, -0.2) is 12.5 Å². The SMILES string of the molecule is CC(C)C(=O)NCCc1cc(Br)ccc1F. The van der Waals surface area contributed by atoms with Gasteiger partial charge in [0.05, 0.1) is 0 Å². The lowest BCUT2D eigenvalue weighted by molar-refractivity contribution is -0.123. The maximum atomic E-state index is 13.3. The molecule has 0 unspecified atom stereocenters. The van der Waals surface area contributed by atoms with Crippen LogP contribution in [0, 0.1) is 11.7 Å². The lowest BCUT2D eigenvalue weighted by Crippen LogP contribution is -2.29. The van der Waals surface area contributed by atoms with Crippen molar-refractivity contribution in [3.8, 4) is 0 Å². The summed E-state index contributed by atoms with van der Waals surface area (Å²) in [5, 5.41) is 2.76. The molecule has 0 heterocycles. The molecule has 0 aromatic heterocycles. The van der Waals surface area contributed by atoms with E-state index >= 15 is 0 Å². The van der Waals surface area contributed by atoms with E-state index < -0.39 is 0 Å². The summed E-state index contributed by atoms with van der Waals surface area (Å²) in [5.74, 6) is -0.273. The van der Waals surface area contributed by atoms with Crippen LogP contribution < -0.4 is 5.32 Å². The van der Waals surface area contributed by atoms with Crippen LogP contribution in [0.2, 0.25) is 0 Å². The number of rotatable bonds is 4. The Hall–Kier alpha value is -0.900. The Morgan fingerprint density at radius 3 is 2.81 bits per heavy atom. The zero-order chi connectivity index (χ0) is 12.1. The van der Waals surface area contributed by atoms with Crippen molar-refractivity contribution in [2.45, 2.75) is 20.3 Å². The fourth-order valence-electron chi connectivity index (χ4n) is 1.26. The van der Waals surface area contributed by atoms with Gasteiger partial charge in [-0.2, -0.15) is 0 Å². The molecule has 0 saturated carbocycles. The van der Waals surface area contributed by atoms with Gasteiger partial charge in [-0.25, -0.2) is 4.39 Å². The number of benzene rings is 1. The minimum Gasteiger partial charge on any atom is -0.356 e. The van der Waals surface area contributed by atoms with Gasteiger partial charge >= 0.3 is 0 Å². The second-order valence-corrected chi connectivity index (χ2v) is 4.85. The summed E-state index contributed by atoms with van der Waals surface area (Å²) in [7, 11) is 0. The second-order valence-electron chi connectivity index (χ2n) is 3.93. The van der Waals surface area contributed by atoms with E-state index in [2.05, 4.69) is 21.2 Å². The third-order valence-electron chi connectivity index (χ3n) is 2.23. The minimum atomic E-state index is -0.234. The van der Waals surface area contributed by atoms with Crippen LogP contribution in [0.5, 0.6) is 0 Å². The van der Waals surface area contributed by atoms with Gasteiger partial charge in [0.1, 0.15) is 5.82 Å². The first-order chi connectivity index (χ1) is 7.50. The van der Waals surface area contributed by atoms with E-state index in [0.29, 0.717) is 18.5 Å². The number of hydrogen-bond acceptors (Lipinski definition) is 1. The number of halogens is 2. The zero-order valence-electron chi connectivity index (χ0n) is 9.39. The molecule has 1 rings (SSSR count). The van der Waals surface area contributed by atoms with Crippen LogP contribution >= 0.6 is 15.9 Å². The number of carbonyl (C=O) groups excluding carboxylic acids is 1. The average molecular weight is 288 g/mol. The van der Waals surface area contributed by atoms with Crippen LogP contribution in [0.15, 0.2) is 22.7 Å². The summed E-state index contributed by atoms with van der Waals surface area (Å²) in [6, 6.07) is 4.81. The molecule has 0 spiro atoms. The Morgan fingerprint density at radius 2 is 2.19 bits per heavy atom. The molecule has 0 aliphatic heterocycles. The van der Waals surface area contributed by atoms with Crippen LogP contribution in [0.1, 0.15) is 19.4 Å². The van der Waals surface area contributed by atoms with E-state index in [0.717, 1.165) is 4.47 Å². The molecule has 2 nitrogen and oxygen atoms in total. The molecule has 0 radical (unpaired) electrons. The molecule has 16 heavy (non-hydrogen) atoms. The Labute approximate surface area is 103 Å². The van der Waals surface area contributed by atoms with E-state index in [1.807, 2.05) is 13.8 Å².